The van der Waals surface area contributed by atoms with Gasteiger partial charge in [-0.1, -0.05) is 121 Å². The van der Waals surface area contributed by atoms with Gasteiger partial charge in [0, 0.05) is 11.1 Å². The molecule has 0 bridgehead atoms. The lowest BCUT2D eigenvalue weighted by Crippen LogP contribution is -2.33. The summed E-state index contributed by atoms with van der Waals surface area (Å²) in [4.78, 5) is 0. The molecule has 2 nitrogen and oxygen atoms in total. The van der Waals surface area contributed by atoms with Gasteiger partial charge in [0.1, 0.15) is 11.5 Å². The van der Waals surface area contributed by atoms with E-state index < -0.39 is 5.41 Å². The first-order valence-corrected chi connectivity index (χ1v) is 13.9. The lowest BCUT2D eigenvalue weighted by Gasteiger charge is -2.39. The molecule has 2 N–H and O–H groups in total. The van der Waals surface area contributed by atoms with Crippen LogP contribution in [0.2, 0.25) is 0 Å². The Morgan fingerprint density at radius 3 is 1.07 bits per heavy atom. The molecule has 0 saturated heterocycles. The number of aryl methyl sites for hydroxylation is 2. The molecular weight excluding hydrogens is 500 g/mol. The molecule has 41 heavy (non-hydrogen) atoms. The highest BCUT2D eigenvalue weighted by Crippen LogP contribution is 2.51. The van der Waals surface area contributed by atoms with Gasteiger partial charge in [-0.15, -0.1) is 0 Å². The quantitative estimate of drug-likeness (QED) is 0.210. The Bertz CT molecular complexity index is 1660. The largest absolute Gasteiger partial charge is 0.507 e. The van der Waals surface area contributed by atoms with Crippen LogP contribution in [0.25, 0.3) is 22.3 Å². The Hall–Kier alpha value is -5.08. The molecule has 0 aliphatic carbocycles. The number of rotatable bonds is 6. The van der Waals surface area contributed by atoms with Crippen molar-refractivity contribution in [2.24, 2.45) is 0 Å². The molecule has 0 unspecified atom stereocenters. The number of hydrogen-bond acceptors (Lipinski definition) is 2. The van der Waals surface area contributed by atoms with Crippen LogP contribution in [0.4, 0.5) is 0 Å². The summed E-state index contributed by atoms with van der Waals surface area (Å²) in [5, 5.41) is 22.4. The second-order valence-corrected chi connectivity index (χ2v) is 10.6. The summed E-state index contributed by atoms with van der Waals surface area (Å²) in [5.74, 6) is 0.500. The van der Waals surface area contributed by atoms with E-state index in [1.165, 1.54) is 0 Å². The van der Waals surface area contributed by atoms with Crippen molar-refractivity contribution >= 4 is 0 Å². The zero-order valence-electron chi connectivity index (χ0n) is 23.3. The van der Waals surface area contributed by atoms with Crippen molar-refractivity contribution in [3.05, 3.63) is 179 Å². The van der Waals surface area contributed by atoms with E-state index in [0.717, 1.165) is 55.6 Å². The lowest BCUT2D eigenvalue weighted by atomic mass is 9.62. The summed E-state index contributed by atoms with van der Waals surface area (Å²) in [5.41, 5.74) is 9.02. The molecule has 200 valence electrons. The average molecular weight is 533 g/mol. The fourth-order valence-corrected chi connectivity index (χ4v) is 6.20. The molecule has 0 amide bonds. The van der Waals surface area contributed by atoms with Crippen LogP contribution in [0, 0.1) is 13.8 Å². The number of aromatic hydroxyl groups is 2. The summed E-state index contributed by atoms with van der Waals surface area (Å²) >= 11 is 0. The van der Waals surface area contributed by atoms with E-state index in [1.807, 2.05) is 84.9 Å². The van der Waals surface area contributed by atoms with Gasteiger partial charge in [0.15, 0.2) is 0 Å². The summed E-state index contributed by atoms with van der Waals surface area (Å²) in [6, 6.07) is 49.2. The molecule has 0 saturated carbocycles. The van der Waals surface area contributed by atoms with Crippen molar-refractivity contribution in [1.29, 1.82) is 0 Å². The Kier molecular flexibility index (Phi) is 6.91. The first kappa shape index (κ1) is 26.2. The van der Waals surface area contributed by atoms with Gasteiger partial charge in [-0.2, -0.15) is 0 Å². The highest BCUT2D eigenvalue weighted by molar-refractivity contribution is 5.78. The summed E-state index contributed by atoms with van der Waals surface area (Å²) in [6.45, 7) is 4.14. The fourth-order valence-electron chi connectivity index (χ4n) is 6.20. The van der Waals surface area contributed by atoms with Crippen LogP contribution in [0.5, 0.6) is 11.5 Å². The molecule has 0 spiro atoms. The van der Waals surface area contributed by atoms with Crippen LogP contribution in [0.3, 0.4) is 0 Å². The van der Waals surface area contributed by atoms with Crippen LogP contribution in [-0.4, -0.2) is 10.2 Å². The van der Waals surface area contributed by atoms with E-state index in [-0.39, 0.29) is 11.5 Å². The van der Waals surface area contributed by atoms with E-state index in [1.54, 1.807) is 0 Å². The fraction of sp³-hybridized carbons (Fsp3) is 0.0769. The summed E-state index contributed by atoms with van der Waals surface area (Å²) in [7, 11) is 0. The highest BCUT2D eigenvalue weighted by Gasteiger charge is 2.41. The maximum atomic E-state index is 11.2. The van der Waals surface area contributed by atoms with Gasteiger partial charge in [-0.25, -0.2) is 0 Å². The molecule has 0 atom stereocenters. The molecule has 0 aliphatic heterocycles. The predicted octanol–water partition coefficient (Wildman–Crippen LogP) is 9.43. The van der Waals surface area contributed by atoms with Crippen molar-refractivity contribution in [3.8, 4) is 33.8 Å². The molecule has 0 aliphatic rings. The Labute approximate surface area is 241 Å². The third-order valence-corrected chi connectivity index (χ3v) is 8.08. The molecule has 0 fully saturated rings. The average Bonchev–Trinajstić information content (AvgIpc) is 3.01. The number of phenolic OH excluding ortho intramolecular Hbond substituents is 2. The number of benzene rings is 6. The van der Waals surface area contributed by atoms with Crippen molar-refractivity contribution in [2.45, 2.75) is 19.3 Å². The zero-order chi connectivity index (χ0) is 28.4. The van der Waals surface area contributed by atoms with Crippen molar-refractivity contribution in [3.63, 3.8) is 0 Å². The molecular formula is C39H32O2. The van der Waals surface area contributed by atoms with Crippen molar-refractivity contribution in [1.82, 2.24) is 0 Å². The Balaban J connectivity index is 1.78. The summed E-state index contributed by atoms with van der Waals surface area (Å²) < 4.78 is 0. The minimum absolute atomic E-state index is 0.250. The minimum atomic E-state index is -0.745. The second-order valence-electron chi connectivity index (χ2n) is 10.6. The van der Waals surface area contributed by atoms with E-state index in [0.29, 0.717) is 0 Å². The lowest BCUT2D eigenvalue weighted by molar-refractivity contribution is 0.476. The van der Waals surface area contributed by atoms with Gasteiger partial charge in [0.05, 0.1) is 5.41 Å². The van der Waals surface area contributed by atoms with E-state index in [2.05, 4.69) is 74.5 Å². The van der Waals surface area contributed by atoms with Crippen LogP contribution in [-0.2, 0) is 5.41 Å². The van der Waals surface area contributed by atoms with Gasteiger partial charge >= 0.3 is 0 Å². The maximum Gasteiger partial charge on any atom is 0.123 e. The smallest absolute Gasteiger partial charge is 0.123 e. The maximum absolute atomic E-state index is 11.2. The summed E-state index contributed by atoms with van der Waals surface area (Å²) in [6.07, 6.45) is 0. The molecule has 6 rings (SSSR count). The Morgan fingerprint density at radius 2 is 0.732 bits per heavy atom. The van der Waals surface area contributed by atoms with Crippen LogP contribution >= 0.6 is 0 Å². The molecule has 6 aromatic rings. The van der Waals surface area contributed by atoms with Crippen LogP contribution in [0.1, 0.15) is 33.4 Å². The molecule has 2 heteroatoms. The monoisotopic (exact) mass is 532 g/mol. The van der Waals surface area contributed by atoms with Crippen LogP contribution < -0.4 is 0 Å². The highest BCUT2D eigenvalue weighted by atomic mass is 16.3. The molecule has 0 radical (unpaired) electrons. The standard InChI is InChI=1S/C39H32O2/c1-27-23-37(40)33(29-15-7-3-8-16-29)25-35(27)39(31-19-11-5-12-20-31,32-21-13-6-14-22-32)36-26-34(38(41)24-28(36)2)30-17-9-4-10-18-30/h3-26,40-41H,1-2H3. The topological polar surface area (TPSA) is 40.5 Å². The van der Waals surface area contributed by atoms with Gasteiger partial charge < -0.3 is 10.2 Å². The minimum Gasteiger partial charge on any atom is -0.507 e. The van der Waals surface area contributed by atoms with Gasteiger partial charge in [0.25, 0.3) is 0 Å². The molecule has 6 aromatic carbocycles. The van der Waals surface area contributed by atoms with E-state index in [9.17, 15) is 10.2 Å². The van der Waals surface area contributed by atoms with Gasteiger partial charge in [-0.05, 0) is 82.6 Å². The normalized spacial score (nSPS) is 11.4. The van der Waals surface area contributed by atoms with Crippen molar-refractivity contribution < 1.29 is 10.2 Å². The third kappa shape index (κ3) is 4.58. The second kappa shape index (κ2) is 10.8. The zero-order valence-corrected chi connectivity index (χ0v) is 23.3. The predicted molar refractivity (Wildman–Crippen MR) is 168 cm³/mol. The third-order valence-electron chi connectivity index (χ3n) is 8.08. The Morgan fingerprint density at radius 1 is 0.415 bits per heavy atom. The first-order valence-electron chi connectivity index (χ1n) is 13.9. The van der Waals surface area contributed by atoms with Crippen molar-refractivity contribution in [2.75, 3.05) is 0 Å². The van der Waals surface area contributed by atoms with Gasteiger partial charge in [-0.3, -0.25) is 0 Å². The van der Waals surface area contributed by atoms with E-state index in [4.69, 9.17) is 0 Å². The van der Waals surface area contributed by atoms with Crippen LogP contribution in [0.15, 0.2) is 146 Å². The SMILES string of the molecule is Cc1cc(O)c(-c2ccccc2)cc1C(c1ccccc1)(c1ccccc1)c1cc(-c2ccccc2)c(O)cc1C. The van der Waals surface area contributed by atoms with E-state index >= 15 is 0 Å². The molecule has 0 heterocycles. The van der Waals surface area contributed by atoms with Gasteiger partial charge in [0.2, 0.25) is 0 Å². The number of hydrogen-bond donors (Lipinski definition) is 2. The first-order chi connectivity index (χ1) is 20.0. The molecule has 0 aromatic heterocycles. The number of phenols is 2.